The zero-order chi connectivity index (χ0) is 13.4. The largest absolute Gasteiger partial charge is 0.478 e. The number of carboxylic acid groups (broad SMARTS) is 1. The van der Waals surface area contributed by atoms with Gasteiger partial charge in [-0.2, -0.15) is 0 Å². The van der Waals surface area contributed by atoms with Crippen LogP contribution < -0.4 is 5.48 Å². The van der Waals surface area contributed by atoms with Crippen molar-refractivity contribution in [3.05, 3.63) is 47.5 Å². The predicted octanol–water partition coefficient (Wildman–Crippen LogP) is 1.86. The van der Waals surface area contributed by atoms with E-state index in [0.717, 1.165) is 0 Å². The van der Waals surface area contributed by atoms with Gasteiger partial charge in [0.25, 0.3) is 0 Å². The summed E-state index contributed by atoms with van der Waals surface area (Å²) >= 11 is 0. The van der Waals surface area contributed by atoms with E-state index in [0.29, 0.717) is 18.0 Å². The number of carbonyl (C=O) groups is 1. The number of hydroxylamine groups is 1. The van der Waals surface area contributed by atoms with Crippen LogP contribution in [0, 0.1) is 0 Å². The first-order chi connectivity index (χ1) is 8.69. The average Bonchev–Trinajstić information content (AvgIpc) is 2.39. The molecule has 0 saturated carbocycles. The Bertz CT molecular complexity index is 467. The number of aromatic carboxylic acids is 1. The summed E-state index contributed by atoms with van der Waals surface area (Å²) in [6, 6.07) is 6.49. The van der Waals surface area contributed by atoms with E-state index in [2.05, 4.69) is 10.5 Å². The van der Waals surface area contributed by atoms with Crippen LogP contribution in [0.1, 0.15) is 22.8 Å². The first-order valence-corrected chi connectivity index (χ1v) is 5.48. The highest BCUT2D eigenvalue weighted by molar-refractivity contribution is 6.00. The lowest BCUT2D eigenvalue weighted by Gasteiger charge is -2.09. The zero-order valence-corrected chi connectivity index (χ0v) is 10.4. The Morgan fingerprint density at radius 2 is 2.22 bits per heavy atom. The van der Waals surface area contributed by atoms with Gasteiger partial charge in [0.05, 0.1) is 12.2 Å². The lowest BCUT2D eigenvalue weighted by Crippen LogP contribution is -2.25. The quantitative estimate of drug-likeness (QED) is 0.274. The molecule has 0 aliphatic carbocycles. The van der Waals surface area contributed by atoms with Crippen LogP contribution in [-0.2, 0) is 4.84 Å². The van der Waals surface area contributed by atoms with Crippen LogP contribution in [-0.4, -0.2) is 30.6 Å². The molecule has 0 aromatic heterocycles. The molecule has 0 aliphatic heterocycles. The Balaban J connectivity index is 2.76. The van der Waals surface area contributed by atoms with E-state index < -0.39 is 5.97 Å². The van der Waals surface area contributed by atoms with Gasteiger partial charge in [-0.3, -0.25) is 9.83 Å². The smallest absolute Gasteiger partial charge is 0.335 e. The third-order valence-corrected chi connectivity index (χ3v) is 2.19. The van der Waals surface area contributed by atoms with Gasteiger partial charge in [0.15, 0.2) is 5.84 Å². The molecule has 0 fully saturated rings. The van der Waals surface area contributed by atoms with Gasteiger partial charge < -0.3 is 5.11 Å². The molecule has 0 aliphatic rings. The van der Waals surface area contributed by atoms with Crippen molar-refractivity contribution >= 4 is 11.8 Å². The van der Waals surface area contributed by atoms with Crippen molar-refractivity contribution in [1.82, 2.24) is 5.48 Å². The van der Waals surface area contributed by atoms with Crippen molar-refractivity contribution in [2.75, 3.05) is 13.7 Å². The van der Waals surface area contributed by atoms with Crippen LogP contribution in [0.4, 0.5) is 0 Å². The second-order valence-corrected chi connectivity index (χ2v) is 3.44. The Morgan fingerprint density at radius 3 is 2.83 bits per heavy atom. The van der Waals surface area contributed by atoms with E-state index in [9.17, 15) is 4.79 Å². The number of allylic oxidation sites excluding steroid dienone is 1. The van der Waals surface area contributed by atoms with Gasteiger partial charge in [-0.15, -0.1) is 0 Å². The minimum Gasteiger partial charge on any atom is -0.478 e. The van der Waals surface area contributed by atoms with Crippen molar-refractivity contribution in [2.45, 2.75) is 6.92 Å². The van der Waals surface area contributed by atoms with Crippen LogP contribution in [0.15, 0.2) is 41.4 Å². The number of benzene rings is 1. The molecular weight excluding hydrogens is 232 g/mol. The fourth-order valence-electron chi connectivity index (χ4n) is 1.29. The molecular formula is C13H16N2O3. The van der Waals surface area contributed by atoms with E-state index >= 15 is 0 Å². The minimum atomic E-state index is -0.970. The van der Waals surface area contributed by atoms with Crippen molar-refractivity contribution in [1.29, 1.82) is 0 Å². The lowest BCUT2D eigenvalue weighted by molar-refractivity contribution is 0.0697. The fraction of sp³-hybridized carbons (Fsp3) is 0.231. The average molecular weight is 248 g/mol. The highest BCUT2D eigenvalue weighted by atomic mass is 16.6. The number of nitrogens with one attached hydrogen (secondary N) is 1. The van der Waals surface area contributed by atoms with Gasteiger partial charge in [-0.05, 0) is 19.1 Å². The summed E-state index contributed by atoms with van der Waals surface area (Å²) < 4.78 is 0. The predicted molar refractivity (Wildman–Crippen MR) is 69.8 cm³/mol. The lowest BCUT2D eigenvalue weighted by atomic mass is 10.1. The molecule has 1 aromatic carbocycles. The number of hydrogen-bond acceptors (Lipinski definition) is 3. The van der Waals surface area contributed by atoms with Crippen LogP contribution in [0.25, 0.3) is 0 Å². The monoisotopic (exact) mass is 248 g/mol. The Labute approximate surface area is 106 Å². The molecule has 0 radical (unpaired) electrons. The van der Waals surface area contributed by atoms with Crippen LogP contribution in [0.2, 0.25) is 0 Å². The summed E-state index contributed by atoms with van der Waals surface area (Å²) in [6.45, 7) is 2.31. The first kappa shape index (κ1) is 13.9. The second-order valence-electron chi connectivity index (χ2n) is 3.44. The van der Waals surface area contributed by atoms with E-state index in [1.807, 2.05) is 19.1 Å². The van der Waals surface area contributed by atoms with E-state index in [1.165, 1.54) is 12.1 Å². The van der Waals surface area contributed by atoms with Gasteiger partial charge in [-0.25, -0.2) is 10.3 Å². The van der Waals surface area contributed by atoms with Gasteiger partial charge in [0.1, 0.15) is 0 Å². The maximum Gasteiger partial charge on any atom is 0.335 e. The molecule has 96 valence electrons. The van der Waals surface area contributed by atoms with E-state index in [-0.39, 0.29) is 5.56 Å². The van der Waals surface area contributed by atoms with E-state index in [1.54, 1.807) is 19.2 Å². The molecule has 0 heterocycles. The Morgan fingerprint density at radius 1 is 1.50 bits per heavy atom. The van der Waals surface area contributed by atoms with Gasteiger partial charge >= 0.3 is 5.97 Å². The van der Waals surface area contributed by atoms with Crippen molar-refractivity contribution < 1.29 is 14.7 Å². The highest BCUT2D eigenvalue weighted by Crippen LogP contribution is 2.06. The summed E-state index contributed by atoms with van der Waals surface area (Å²) in [5, 5.41) is 8.91. The standard InChI is InChI=1S/C13H16N2O3/c1-3-4-8-18-15-12(14-2)10-6-5-7-11(9-10)13(16)17/h3-7,9H,8H2,1-2H3,(H,14,15)(H,16,17)/b4-3+. The number of amidine groups is 1. The molecule has 5 nitrogen and oxygen atoms in total. The summed E-state index contributed by atoms with van der Waals surface area (Å²) in [6.07, 6.45) is 3.71. The van der Waals surface area contributed by atoms with Crippen molar-refractivity contribution in [2.24, 2.45) is 4.99 Å². The second kappa shape index (κ2) is 7.24. The molecule has 0 amide bonds. The summed E-state index contributed by atoms with van der Waals surface area (Å²) in [7, 11) is 1.61. The third kappa shape index (κ3) is 4.03. The molecule has 18 heavy (non-hydrogen) atoms. The maximum atomic E-state index is 10.9. The molecule has 1 rings (SSSR count). The molecule has 0 saturated heterocycles. The Kier molecular flexibility index (Phi) is 5.60. The molecule has 0 spiro atoms. The number of carboxylic acids is 1. The maximum absolute atomic E-state index is 10.9. The molecule has 1 aromatic rings. The normalized spacial score (nSPS) is 11.8. The zero-order valence-electron chi connectivity index (χ0n) is 10.4. The Hall–Kier alpha value is -2.14. The molecule has 0 atom stereocenters. The summed E-state index contributed by atoms with van der Waals surface area (Å²) in [4.78, 5) is 20.0. The van der Waals surface area contributed by atoms with Gasteiger partial charge in [0, 0.05) is 12.6 Å². The fourth-order valence-corrected chi connectivity index (χ4v) is 1.29. The number of hydrogen-bond donors (Lipinski definition) is 2. The van der Waals surface area contributed by atoms with Crippen LogP contribution in [0.5, 0.6) is 0 Å². The van der Waals surface area contributed by atoms with Crippen molar-refractivity contribution in [3.8, 4) is 0 Å². The molecule has 2 N–H and O–H groups in total. The first-order valence-electron chi connectivity index (χ1n) is 5.48. The van der Waals surface area contributed by atoms with Gasteiger partial charge in [-0.1, -0.05) is 24.3 Å². The van der Waals surface area contributed by atoms with Crippen LogP contribution >= 0.6 is 0 Å². The van der Waals surface area contributed by atoms with Gasteiger partial charge in [0.2, 0.25) is 0 Å². The molecule has 0 unspecified atom stereocenters. The molecule has 0 bridgehead atoms. The highest BCUT2D eigenvalue weighted by Gasteiger charge is 2.07. The third-order valence-electron chi connectivity index (χ3n) is 2.19. The number of aliphatic imine (C=N–C) groups is 1. The topological polar surface area (TPSA) is 70.9 Å². The summed E-state index contributed by atoms with van der Waals surface area (Å²) in [5.74, 6) is -0.482. The van der Waals surface area contributed by atoms with Crippen LogP contribution in [0.3, 0.4) is 0 Å². The number of nitrogens with zero attached hydrogens (tertiary/aromatic N) is 1. The van der Waals surface area contributed by atoms with E-state index in [4.69, 9.17) is 9.94 Å². The SMILES string of the molecule is C/C=C/CONC(=NC)c1cccc(C(=O)O)c1. The molecule has 5 heteroatoms. The summed E-state index contributed by atoms with van der Waals surface area (Å²) in [5.41, 5.74) is 3.57. The minimum absolute atomic E-state index is 0.212. The van der Waals surface area contributed by atoms with Crippen molar-refractivity contribution in [3.63, 3.8) is 0 Å². The number of rotatable bonds is 5.